The van der Waals surface area contributed by atoms with Crippen molar-refractivity contribution < 1.29 is 28.3 Å². The topological polar surface area (TPSA) is 20.2 Å². The first-order valence-corrected chi connectivity index (χ1v) is 13.4. The van der Waals surface area contributed by atoms with Crippen LogP contribution in [-0.4, -0.2) is 5.11 Å². The molecule has 3 rings (SSSR count). The van der Waals surface area contributed by atoms with Crippen LogP contribution < -0.4 is 0 Å². The van der Waals surface area contributed by atoms with Gasteiger partial charge in [0.05, 0.1) is 0 Å². The second-order valence-electron chi connectivity index (χ2n) is 11.4. The fraction of sp³-hybridized carbons (Fsp3) is 0.500. The monoisotopic (exact) mass is 482 g/mol. The number of benzene rings is 1. The Labute approximate surface area is 196 Å². The molecule has 0 radical (unpaired) electrons. The molecule has 0 saturated carbocycles. The summed E-state index contributed by atoms with van der Waals surface area (Å²) in [5.41, 5.74) is 5.29. The van der Waals surface area contributed by atoms with Crippen molar-refractivity contribution in [2.24, 2.45) is 0 Å². The molecule has 0 bridgehead atoms. The SMILES string of the molecule is CC(C)(C)c1ccc(O)c(C(C)(C)C)c1.CC1=C[C](C)([Zr][C]2(C)C=CC(C)=C2)C=C1. The average Bonchev–Trinajstić information content (AvgIpc) is 3.07. The Balaban J connectivity index is 0.000000214. The van der Waals surface area contributed by atoms with Gasteiger partial charge < -0.3 is 5.11 Å². The Morgan fingerprint density at radius 3 is 1.57 bits per heavy atom. The van der Waals surface area contributed by atoms with Gasteiger partial charge in [0.2, 0.25) is 0 Å². The van der Waals surface area contributed by atoms with E-state index in [4.69, 9.17) is 0 Å². The number of aromatic hydroxyl groups is 1. The van der Waals surface area contributed by atoms with Crippen LogP contribution in [0.4, 0.5) is 0 Å². The predicted octanol–water partition coefficient (Wildman–Crippen LogP) is 8.45. The second-order valence-corrected chi connectivity index (χ2v) is 17.3. The average molecular weight is 484 g/mol. The molecular weight excluding hydrogens is 444 g/mol. The normalized spacial score (nSPS) is 25.5. The van der Waals surface area contributed by atoms with Gasteiger partial charge in [-0.25, -0.2) is 0 Å². The summed E-state index contributed by atoms with van der Waals surface area (Å²) in [5, 5.41) is 9.84. The van der Waals surface area contributed by atoms with Gasteiger partial charge in [-0.05, 0) is 28.0 Å². The van der Waals surface area contributed by atoms with E-state index in [1.54, 1.807) is 6.07 Å². The van der Waals surface area contributed by atoms with Gasteiger partial charge in [0, 0.05) is 0 Å². The van der Waals surface area contributed by atoms with Crippen LogP contribution in [0.3, 0.4) is 0 Å². The molecule has 2 atom stereocenters. The first kappa shape index (κ1) is 25.1. The summed E-state index contributed by atoms with van der Waals surface area (Å²) in [6, 6.07) is 5.93. The molecule has 0 aliphatic heterocycles. The van der Waals surface area contributed by atoms with Gasteiger partial charge in [0.15, 0.2) is 0 Å². The van der Waals surface area contributed by atoms with Crippen molar-refractivity contribution in [1.29, 1.82) is 0 Å². The third kappa shape index (κ3) is 6.68. The van der Waals surface area contributed by atoms with E-state index in [0.717, 1.165) is 5.56 Å². The Bertz CT molecular complexity index is 864. The van der Waals surface area contributed by atoms with Crippen LogP contribution in [0.15, 0.2) is 65.8 Å². The molecule has 2 heteroatoms. The predicted molar refractivity (Wildman–Crippen MR) is 128 cm³/mol. The fourth-order valence-corrected chi connectivity index (χ4v) is 9.23. The summed E-state index contributed by atoms with van der Waals surface area (Å²) in [7, 11) is 0. The van der Waals surface area contributed by atoms with Crippen LogP contribution in [0.1, 0.15) is 80.4 Å². The first-order chi connectivity index (χ1) is 13.5. The zero-order valence-corrected chi connectivity index (χ0v) is 23.1. The molecule has 0 fully saturated rings. The second kappa shape index (κ2) is 8.78. The third-order valence-corrected chi connectivity index (χ3v) is 9.83. The summed E-state index contributed by atoms with van der Waals surface area (Å²) >= 11 is -0.529. The van der Waals surface area contributed by atoms with E-state index in [9.17, 15) is 5.11 Å². The van der Waals surface area contributed by atoms with Crippen molar-refractivity contribution in [1.82, 2.24) is 0 Å². The van der Waals surface area contributed by atoms with Gasteiger partial charge in [-0.1, -0.05) is 53.7 Å². The summed E-state index contributed by atoms with van der Waals surface area (Å²) < 4.78 is 0.821. The van der Waals surface area contributed by atoms with Crippen molar-refractivity contribution in [2.45, 2.75) is 86.3 Å². The number of allylic oxidation sites excluding steroid dienone is 8. The molecular formula is C28H40OZr. The molecule has 2 aliphatic rings. The quantitative estimate of drug-likeness (QED) is 0.447. The Morgan fingerprint density at radius 1 is 0.767 bits per heavy atom. The van der Waals surface area contributed by atoms with E-state index in [-0.39, 0.29) is 10.8 Å². The number of phenolic OH excluding ortho intramolecular Hbond substituents is 1. The molecule has 0 spiro atoms. The number of rotatable bonds is 2. The molecule has 0 heterocycles. The fourth-order valence-electron chi connectivity index (χ4n) is 4.09. The summed E-state index contributed by atoms with van der Waals surface area (Å²) in [4.78, 5) is 0. The molecule has 0 amide bonds. The molecule has 162 valence electrons. The van der Waals surface area contributed by atoms with Gasteiger partial charge in [-0.3, -0.25) is 0 Å². The molecule has 1 aromatic carbocycles. The van der Waals surface area contributed by atoms with Crippen molar-refractivity contribution in [2.75, 3.05) is 0 Å². The molecule has 0 aromatic heterocycles. The van der Waals surface area contributed by atoms with Crippen LogP contribution in [0.25, 0.3) is 0 Å². The van der Waals surface area contributed by atoms with E-state index < -0.39 is 23.2 Å². The van der Waals surface area contributed by atoms with Gasteiger partial charge in [-0.15, -0.1) is 0 Å². The molecule has 2 unspecified atom stereocenters. The van der Waals surface area contributed by atoms with Gasteiger partial charge in [-0.2, -0.15) is 0 Å². The number of phenols is 1. The van der Waals surface area contributed by atoms with E-state index >= 15 is 0 Å². The first-order valence-electron chi connectivity index (χ1n) is 10.9. The Kier molecular flexibility index (Phi) is 7.35. The van der Waals surface area contributed by atoms with E-state index in [1.165, 1.54) is 16.7 Å². The molecule has 2 aliphatic carbocycles. The summed E-state index contributed by atoms with van der Waals surface area (Å²) in [6.45, 7) is 22.1. The van der Waals surface area contributed by atoms with Gasteiger partial charge in [0.1, 0.15) is 5.75 Å². The zero-order chi connectivity index (χ0) is 23.0. The van der Waals surface area contributed by atoms with Crippen LogP contribution in [0.2, 0.25) is 6.25 Å². The van der Waals surface area contributed by atoms with Crippen molar-refractivity contribution in [3.8, 4) is 5.75 Å². The summed E-state index contributed by atoms with van der Waals surface area (Å²) in [5.74, 6) is 0.399. The molecule has 1 nitrogen and oxygen atoms in total. The minimum absolute atomic E-state index is 0.00859. The van der Waals surface area contributed by atoms with Crippen molar-refractivity contribution in [3.63, 3.8) is 0 Å². The van der Waals surface area contributed by atoms with Gasteiger partial charge in [0.25, 0.3) is 0 Å². The summed E-state index contributed by atoms with van der Waals surface area (Å²) in [6.07, 6.45) is 14.3. The standard InChI is InChI=1S/C14H22O.2C7H9.Zr/c1-13(2,3)10-7-8-12(15)11(9-10)14(4,5)6;2*1-6-3-4-7(2)5-6;/h7-9,15H,1-6H3;2*3-5H,1-2H3;. The zero-order valence-electron chi connectivity index (χ0n) is 20.6. The van der Waals surface area contributed by atoms with Crippen molar-refractivity contribution in [3.05, 3.63) is 76.9 Å². The Hall–Kier alpha value is -1.14. The van der Waals surface area contributed by atoms with Crippen LogP contribution in [-0.2, 0) is 34.1 Å². The third-order valence-electron chi connectivity index (χ3n) is 5.65. The maximum atomic E-state index is 9.84. The van der Waals surface area contributed by atoms with Crippen LogP contribution in [0, 0.1) is 0 Å². The number of hydrogen-bond donors (Lipinski definition) is 1. The maximum absolute atomic E-state index is 9.84. The molecule has 30 heavy (non-hydrogen) atoms. The number of hydrogen-bond acceptors (Lipinski definition) is 1. The van der Waals surface area contributed by atoms with Crippen molar-refractivity contribution >= 4 is 0 Å². The van der Waals surface area contributed by atoms with E-state index in [0.29, 0.717) is 12.0 Å². The van der Waals surface area contributed by atoms with Crippen LogP contribution >= 0.6 is 0 Å². The Morgan fingerprint density at radius 2 is 1.23 bits per heavy atom. The molecule has 1 N–H and O–H groups in total. The van der Waals surface area contributed by atoms with E-state index in [2.05, 4.69) is 112 Å². The molecule has 1 aromatic rings. The molecule has 0 saturated heterocycles. The minimum atomic E-state index is -0.529. The van der Waals surface area contributed by atoms with Crippen LogP contribution in [0.5, 0.6) is 5.75 Å². The van der Waals surface area contributed by atoms with E-state index in [1.807, 2.05) is 6.07 Å². The van der Waals surface area contributed by atoms with Gasteiger partial charge >= 0.3 is 105 Å².